The number of nitrogens with zero attached hydrogens (tertiary/aromatic N) is 1. The molecule has 0 radical (unpaired) electrons. The normalized spacial score (nSPS) is 19.6. The molecular weight excluding hydrogens is 499 g/mol. The van der Waals surface area contributed by atoms with Crippen LogP contribution in [0.25, 0.3) is 0 Å². The fourth-order valence-electron chi connectivity index (χ4n) is 3.65. The highest BCUT2D eigenvalue weighted by molar-refractivity contribution is 5.79. The number of methoxy groups -OCH3 is 1. The van der Waals surface area contributed by atoms with Crippen molar-refractivity contribution in [2.24, 2.45) is 22.4 Å². The Morgan fingerprint density at radius 1 is 1.30 bits per heavy atom. The third-order valence-electron chi connectivity index (χ3n) is 5.58. The molecule has 1 aromatic rings. The number of halogens is 3. The van der Waals surface area contributed by atoms with Gasteiger partial charge in [-0.2, -0.15) is 10.8 Å². The van der Waals surface area contributed by atoms with Gasteiger partial charge in [-0.3, -0.25) is 4.89 Å². The lowest BCUT2D eigenvalue weighted by Gasteiger charge is -2.26. The standard InChI is InChI=1S/C15H16F3NO.C7H12N2O5.C2H6.H2O/c1-8-4-9(2)15(12(17)5-8)19-13-7-10(20-3)6-11(16)14(13)18;8-14-13-6(11)7(1-2-7)3-5(10)4-9-12;1-2;/h4-7,9,15,19H,1-3H3;5,10H,1-4,8H2;1-2H3;1H2. The van der Waals surface area contributed by atoms with Gasteiger partial charge in [-0.05, 0) is 32.3 Å². The Bertz CT molecular complexity index is 956. The van der Waals surface area contributed by atoms with E-state index in [9.17, 15) is 28.0 Å². The maximum atomic E-state index is 14.0. The SMILES string of the molecule is CC.COc1cc(F)c(F)c(NC2C(F)=CC(C)=CC2C)c1.NOOC(=O)C1(CC(O)CN=O)CC1.O. The van der Waals surface area contributed by atoms with Crippen molar-refractivity contribution < 1.29 is 43.2 Å². The molecule has 0 saturated heterocycles. The maximum Gasteiger partial charge on any atom is 0.350 e. The summed E-state index contributed by atoms with van der Waals surface area (Å²) in [6.07, 6.45) is 3.69. The van der Waals surface area contributed by atoms with Gasteiger partial charge in [-0.15, -0.1) is 0 Å². The average molecular weight is 536 g/mol. The topological polar surface area (TPSA) is 164 Å². The molecule has 0 bridgehead atoms. The fourth-order valence-corrected chi connectivity index (χ4v) is 3.65. The Kier molecular flexibility index (Phi) is 14.7. The van der Waals surface area contributed by atoms with Gasteiger partial charge in [0.25, 0.3) is 0 Å². The molecule has 2 aliphatic rings. The Morgan fingerprint density at radius 3 is 2.41 bits per heavy atom. The summed E-state index contributed by atoms with van der Waals surface area (Å²) in [6.45, 7) is 7.37. The van der Waals surface area contributed by atoms with Crippen molar-refractivity contribution in [3.63, 3.8) is 0 Å². The monoisotopic (exact) mass is 535 g/mol. The number of hydrogen-bond donors (Lipinski definition) is 3. The molecule has 13 heteroatoms. The number of nitroso groups, excluding NO2 is 1. The third kappa shape index (κ3) is 9.76. The van der Waals surface area contributed by atoms with Crippen LogP contribution in [0.3, 0.4) is 0 Å². The molecule has 6 N–H and O–H groups in total. The number of aliphatic hydroxyl groups is 1. The molecule has 3 atom stereocenters. The molecule has 1 saturated carbocycles. The maximum absolute atomic E-state index is 14.0. The largest absolute Gasteiger partial charge is 0.497 e. The third-order valence-corrected chi connectivity index (χ3v) is 5.58. The molecule has 10 nitrogen and oxygen atoms in total. The first-order valence-electron chi connectivity index (χ1n) is 11.5. The summed E-state index contributed by atoms with van der Waals surface area (Å²) >= 11 is 0. The number of hydrogen-bond acceptors (Lipinski definition) is 9. The zero-order chi connectivity index (χ0) is 27.5. The molecule has 2 aliphatic carbocycles. The van der Waals surface area contributed by atoms with Crippen molar-refractivity contribution in [2.45, 2.75) is 59.1 Å². The van der Waals surface area contributed by atoms with Gasteiger partial charge in [0.2, 0.25) is 0 Å². The summed E-state index contributed by atoms with van der Waals surface area (Å²) in [5.74, 6) is 1.48. The highest BCUT2D eigenvalue weighted by atomic mass is 19.2. The molecule has 210 valence electrons. The van der Waals surface area contributed by atoms with Crippen LogP contribution in [0.15, 0.2) is 40.9 Å². The second-order valence-electron chi connectivity index (χ2n) is 8.31. The molecule has 0 heterocycles. The molecule has 0 aromatic heterocycles. The quantitative estimate of drug-likeness (QED) is 0.242. The van der Waals surface area contributed by atoms with Crippen LogP contribution >= 0.6 is 0 Å². The average Bonchev–Trinajstić information content (AvgIpc) is 3.61. The Labute approximate surface area is 213 Å². The van der Waals surface area contributed by atoms with E-state index in [0.29, 0.717) is 12.8 Å². The van der Waals surface area contributed by atoms with Gasteiger partial charge < -0.3 is 20.6 Å². The van der Waals surface area contributed by atoms with E-state index in [1.807, 2.05) is 26.8 Å². The van der Waals surface area contributed by atoms with Crippen LogP contribution in [0.5, 0.6) is 5.75 Å². The van der Waals surface area contributed by atoms with E-state index in [1.165, 1.54) is 19.3 Å². The number of nitrogens with one attached hydrogen (secondary N) is 1. The highest BCUT2D eigenvalue weighted by Crippen LogP contribution is 2.50. The van der Waals surface area contributed by atoms with Crippen LogP contribution < -0.4 is 16.0 Å². The number of carbonyl (C=O) groups is 1. The van der Waals surface area contributed by atoms with E-state index in [1.54, 1.807) is 6.92 Å². The number of benzene rings is 1. The number of rotatable bonds is 9. The number of carbonyl (C=O) groups excluding carboxylic acids is 1. The van der Waals surface area contributed by atoms with Crippen LogP contribution in [-0.4, -0.2) is 42.4 Å². The first-order valence-corrected chi connectivity index (χ1v) is 11.5. The number of allylic oxidation sites excluding steroid dienone is 2. The first kappa shape index (κ1) is 34.0. The summed E-state index contributed by atoms with van der Waals surface area (Å²) in [6, 6.07) is 1.53. The van der Waals surface area contributed by atoms with Gasteiger partial charge in [0.1, 0.15) is 18.1 Å². The van der Waals surface area contributed by atoms with Gasteiger partial charge in [0.05, 0.1) is 30.4 Å². The van der Waals surface area contributed by atoms with Gasteiger partial charge in [0, 0.05) is 18.1 Å². The Hall–Kier alpha value is -3.00. The molecular formula is C24H36F3N3O7. The van der Waals surface area contributed by atoms with Gasteiger partial charge in [0.15, 0.2) is 11.6 Å². The van der Waals surface area contributed by atoms with E-state index in [4.69, 9.17) is 4.74 Å². The molecule has 0 spiro atoms. The lowest BCUT2D eigenvalue weighted by Crippen LogP contribution is -2.29. The van der Waals surface area contributed by atoms with Crippen LogP contribution in [0.2, 0.25) is 0 Å². The van der Waals surface area contributed by atoms with Gasteiger partial charge in [-0.1, -0.05) is 42.6 Å². The van der Waals surface area contributed by atoms with Crippen LogP contribution in [0.4, 0.5) is 18.9 Å². The molecule has 37 heavy (non-hydrogen) atoms. The fraction of sp³-hybridized carbons (Fsp3) is 0.542. The minimum atomic E-state index is -1.04. The predicted molar refractivity (Wildman–Crippen MR) is 132 cm³/mol. The molecule has 0 aliphatic heterocycles. The lowest BCUT2D eigenvalue weighted by molar-refractivity contribution is -0.281. The number of nitrogens with two attached hydrogens (primary N) is 1. The van der Waals surface area contributed by atoms with E-state index in [2.05, 4.69) is 26.3 Å². The zero-order valence-electron chi connectivity index (χ0n) is 21.5. The van der Waals surface area contributed by atoms with Crippen LogP contribution in [0, 0.1) is 27.9 Å². The molecule has 3 rings (SSSR count). The van der Waals surface area contributed by atoms with Crippen molar-refractivity contribution in [1.82, 2.24) is 0 Å². The summed E-state index contributed by atoms with van der Waals surface area (Å²) in [4.78, 5) is 29.0. The Balaban J connectivity index is 0.000000674. The van der Waals surface area contributed by atoms with Crippen molar-refractivity contribution in [2.75, 3.05) is 19.0 Å². The van der Waals surface area contributed by atoms with Crippen molar-refractivity contribution in [1.29, 1.82) is 0 Å². The zero-order valence-corrected chi connectivity index (χ0v) is 21.5. The number of aliphatic hydroxyl groups excluding tert-OH is 1. The predicted octanol–water partition coefficient (Wildman–Crippen LogP) is 4.04. The van der Waals surface area contributed by atoms with Gasteiger partial charge in [-0.25, -0.2) is 18.0 Å². The highest BCUT2D eigenvalue weighted by Gasteiger charge is 2.53. The van der Waals surface area contributed by atoms with Crippen molar-refractivity contribution in [3.8, 4) is 5.75 Å². The van der Waals surface area contributed by atoms with Crippen molar-refractivity contribution >= 4 is 11.7 Å². The van der Waals surface area contributed by atoms with E-state index < -0.39 is 41.0 Å². The van der Waals surface area contributed by atoms with Crippen molar-refractivity contribution in [3.05, 3.63) is 52.2 Å². The minimum Gasteiger partial charge on any atom is -0.497 e. The van der Waals surface area contributed by atoms with Crippen LogP contribution in [-0.2, 0) is 14.7 Å². The number of anilines is 1. The van der Waals surface area contributed by atoms with Gasteiger partial charge >= 0.3 is 5.97 Å². The molecule has 1 aromatic carbocycles. The van der Waals surface area contributed by atoms with E-state index >= 15 is 0 Å². The molecule has 3 unspecified atom stereocenters. The Morgan fingerprint density at radius 2 is 1.92 bits per heavy atom. The smallest absolute Gasteiger partial charge is 0.350 e. The van der Waals surface area contributed by atoms with Crippen LogP contribution in [0.1, 0.15) is 47.0 Å². The summed E-state index contributed by atoms with van der Waals surface area (Å²) in [5.41, 5.74) is -0.0377. The number of ether oxygens (including phenoxy) is 1. The second-order valence-corrected chi connectivity index (χ2v) is 8.31. The first-order chi connectivity index (χ1) is 17.1. The lowest BCUT2D eigenvalue weighted by atomic mass is 9.92. The summed E-state index contributed by atoms with van der Waals surface area (Å²) in [5, 5.41) is 14.5. The molecule has 1 fully saturated rings. The van der Waals surface area contributed by atoms with E-state index in [0.717, 1.165) is 11.6 Å². The van der Waals surface area contributed by atoms with E-state index in [-0.39, 0.29) is 35.8 Å². The summed E-state index contributed by atoms with van der Waals surface area (Å²) in [7, 11) is 1.35. The second kappa shape index (κ2) is 16.0. The molecule has 0 amide bonds. The summed E-state index contributed by atoms with van der Waals surface area (Å²) < 4.78 is 46.0. The minimum absolute atomic E-state index is 0.